The van der Waals surface area contributed by atoms with Gasteiger partial charge in [-0.25, -0.2) is 9.36 Å². The summed E-state index contributed by atoms with van der Waals surface area (Å²) in [4.78, 5) is 46.0. The maximum Gasteiger partial charge on any atom is 0.333 e. The van der Waals surface area contributed by atoms with E-state index in [2.05, 4.69) is 41.9 Å². The van der Waals surface area contributed by atoms with Crippen molar-refractivity contribution in [2.24, 2.45) is 0 Å². The van der Waals surface area contributed by atoms with E-state index in [1.807, 2.05) is 24.0 Å². The number of carbonyl (C=O) groups excluding carboxylic acids is 1. The van der Waals surface area contributed by atoms with Crippen LogP contribution in [0, 0.1) is 20.8 Å². The van der Waals surface area contributed by atoms with Crippen LogP contribution in [0.25, 0.3) is 16.6 Å². The number of nitrogens with one attached hydrogen (secondary N) is 1. The molecule has 0 atom stereocenters. The van der Waals surface area contributed by atoms with Gasteiger partial charge >= 0.3 is 5.69 Å². The van der Waals surface area contributed by atoms with Crippen molar-refractivity contribution in [1.29, 1.82) is 0 Å². The summed E-state index contributed by atoms with van der Waals surface area (Å²) in [5.74, 6) is -0.101. The molecule has 4 aromatic rings. The predicted molar refractivity (Wildman–Crippen MR) is 139 cm³/mol. The first-order valence-electron chi connectivity index (χ1n) is 11.8. The highest BCUT2D eigenvalue weighted by Gasteiger charge is 2.24. The summed E-state index contributed by atoms with van der Waals surface area (Å²) in [6.07, 6.45) is 0. The zero-order chi connectivity index (χ0) is 24.7. The van der Waals surface area contributed by atoms with Crippen molar-refractivity contribution in [3.63, 3.8) is 0 Å². The van der Waals surface area contributed by atoms with Crippen LogP contribution in [0.2, 0.25) is 0 Å². The van der Waals surface area contributed by atoms with E-state index in [9.17, 15) is 14.4 Å². The molecule has 178 valence electrons. The highest BCUT2D eigenvalue weighted by molar-refractivity contribution is 5.97. The number of carbonyl (C=O) groups is 1. The van der Waals surface area contributed by atoms with Crippen molar-refractivity contribution in [3.8, 4) is 5.69 Å². The number of aromatic amines is 1. The number of fused-ring (bicyclic) bond motifs is 1. The Kier molecular flexibility index (Phi) is 5.76. The molecule has 1 N–H and O–H groups in total. The van der Waals surface area contributed by atoms with Gasteiger partial charge in [-0.1, -0.05) is 29.8 Å². The highest BCUT2D eigenvalue weighted by atomic mass is 16.2. The van der Waals surface area contributed by atoms with Crippen molar-refractivity contribution in [1.82, 2.24) is 14.5 Å². The lowest BCUT2D eigenvalue weighted by Gasteiger charge is -2.37. The summed E-state index contributed by atoms with van der Waals surface area (Å²) in [6.45, 7) is 8.85. The van der Waals surface area contributed by atoms with Crippen LogP contribution in [0.15, 0.2) is 70.3 Å². The molecule has 1 amide bonds. The number of hydrogen-bond acceptors (Lipinski definition) is 4. The Labute approximate surface area is 203 Å². The minimum atomic E-state index is -0.530. The maximum atomic E-state index is 13.2. The van der Waals surface area contributed by atoms with Crippen molar-refractivity contribution < 1.29 is 4.79 Å². The molecule has 0 bridgehead atoms. The second-order valence-corrected chi connectivity index (χ2v) is 9.24. The van der Waals surface area contributed by atoms with E-state index < -0.39 is 11.2 Å². The van der Waals surface area contributed by atoms with Crippen LogP contribution < -0.4 is 16.1 Å². The Bertz CT molecular complexity index is 1540. The number of aryl methyl sites for hydroxylation is 3. The molecule has 0 aliphatic carbocycles. The van der Waals surface area contributed by atoms with Gasteiger partial charge in [-0.15, -0.1) is 0 Å². The number of H-pyrrole nitrogens is 1. The molecule has 5 rings (SSSR count). The van der Waals surface area contributed by atoms with E-state index in [4.69, 9.17) is 0 Å². The van der Waals surface area contributed by atoms with Gasteiger partial charge in [0.2, 0.25) is 0 Å². The second kappa shape index (κ2) is 8.91. The standard InChI is InChI=1S/C28H28N4O3/c1-18-5-9-22(10-6-18)32-27(34)23-11-8-21(17-24(23)29-28(32)35)26(33)31-14-12-30(13-15-31)25-16-19(2)4-7-20(25)3/h4-11,16-17H,12-15H2,1-3H3,(H,29,35). The van der Waals surface area contributed by atoms with E-state index in [0.717, 1.165) is 23.2 Å². The fourth-order valence-electron chi connectivity index (χ4n) is 4.67. The molecular formula is C28H28N4O3. The number of rotatable bonds is 3. The van der Waals surface area contributed by atoms with Crippen LogP contribution in [0.5, 0.6) is 0 Å². The highest BCUT2D eigenvalue weighted by Crippen LogP contribution is 2.23. The fraction of sp³-hybridized carbons (Fsp3) is 0.250. The fourth-order valence-corrected chi connectivity index (χ4v) is 4.67. The predicted octanol–water partition coefficient (Wildman–Crippen LogP) is 3.57. The van der Waals surface area contributed by atoms with Crippen molar-refractivity contribution >= 4 is 22.5 Å². The Hall–Kier alpha value is -4.13. The lowest BCUT2D eigenvalue weighted by atomic mass is 10.1. The lowest BCUT2D eigenvalue weighted by Crippen LogP contribution is -2.49. The van der Waals surface area contributed by atoms with Gasteiger partial charge in [0, 0.05) is 37.4 Å². The third-order valence-corrected chi connectivity index (χ3v) is 6.71. The molecule has 0 radical (unpaired) electrons. The summed E-state index contributed by atoms with van der Waals surface area (Å²) >= 11 is 0. The molecule has 3 aromatic carbocycles. The minimum absolute atomic E-state index is 0.101. The Morgan fingerprint density at radius 2 is 1.49 bits per heavy atom. The van der Waals surface area contributed by atoms with Crippen molar-refractivity contribution in [3.05, 3.63) is 104 Å². The van der Waals surface area contributed by atoms with Gasteiger partial charge in [-0.2, -0.15) is 0 Å². The number of nitrogens with zero attached hydrogens (tertiary/aromatic N) is 3. The molecule has 1 fully saturated rings. The molecular weight excluding hydrogens is 440 g/mol. The molecule has 1 saturated heterocycles. The third-order valence-electron chi connectivity index (χ3n) is 6.71. The van der Waals surface area contributed by atoms with E-state index in [-0.39, 0.29) is 5.91 Å². The molecule has 7 heteroatoms. The van der Waals surface area contributed by atoms with E-state index in [1.165, 1.54) is 16.8 Å². The Balaban J connectivity index is 1.39. The molecule has 7 nitrogen and oxygen atoms in total. The Morgan fingerprint density at radius 1 is 0.800 bits per heavy atom. The van der Waals surface area contributed by atoms with Gasteiger partial charge in [0.15, 0.2) is 0 Å². The summed E-state index contributed by atoms with van der Waals surface area (Å²) in [6, 6.07) is 18.5. The quantitative estimate of drug-likeness (QED) is 0.499. The molecule has 35 heavy (non-hydrogen) atoms. The largest absolute Gasteiger partial charge is 0.368 e. The summed E-state index contributed by atoms with van der Waals surface area (Å²) in [5, 5.41) is 0.362. The average molecular weight is 469 g/mol. The number of benzene rings is 3. The topological polar surface area (TPSA) is 78.4 Å². The second-order valence-electron chi connectivity index (χ2n) is 9.24. The zero-order valence-electron chi connectivity index (χ0n) is 20.2. The first-order chi connectivity index (χ1) is 16.8. The van der Waals surface area contributed by atoms with Gasteiger partial charge < -0.3 is 14.8 Å². The number of amides is 1. The molecule has 0 spiro atoms. The number of anilines is 1. The molecule has 0 unspecified atom stereocenters. The van der Waals surface area contributed by atoms with E-state index in [1.54, 1.807) is 30.3 Å². The number of hydrogen-bond donors (Lipinski definition) is 1. The average Bonchev–Trinajstić information content (AvgIpc) is 2.86. The smallest absolute Gasteiger partial charge is 0.333 e. The number of piperazine rings is 1. The SMILES string of the molecule is Cc1ccc(-n2c(=O)[nH]c3cc(C(=O)N4CCN(c5cc(C)ccc5C)CC4)ccc3c2=O)cc1. The van der Waals surface area contributed by atoms with Gasteiger partial charge in [0.05, 0.1) is 16.6 Å². The zero-order valence-corrected chi connectivity index (χ0v) is 20.2. The van der Waals surface area contributed by atoms with Crippen LogP contribution in [-0.4, -0.2) is 46.5 Å². The summed E-state index contributed by atoms with van der Waals surface area (Å²) in [7, 11) is 0. The molecule has 1 aliphatic rings. The van der Waals surface area contributed by atoms with Crippen molar-refractivity contribution in [2.75, 3.05) is 31.1 Å². The first kappa shape index (κ1) is 22.7. The van der Waals surface area contributed by atoms with Crippen LogP contribution in [0.3, 0.4) is 0 Å². The van der Waals surface area contributed by atoms with Gasteiger partial charge in [-0.3, -0.25) is 9.59 Å². The molecule has 1 aliphatic heterocycles. The minimum Gasteiger partial charge on any atom is -0.368 e. The van der Waals surface area contributed by atoms with E-state index in [0.29, 0.717) is 35.2 Å². The van der Waals surface area contributed by atoms with Crippen LogP contribution in [0.4, 0.5) is 5.69 Å². The van der Waals surface area contributed by atoms with Gasteiger partial charge in [0.1, 0.15) is 0 Å². The summed E-state index contributed by atoms with van der Waals surface area (Å²) in [5.41, 5.74) is 5.09. The summed E-state index contributed by atoms with van der Waals surface area (Å²) < 4.78 is 1.12. The van der Waals surface area contributed by atoms with Crippen LogP contribution in [-0.2, 0) is 0 Å². The molecule has 1 aromatic heterocycles. The van der Waals surface area contributed by atoms with Gasteiger partial charge in [0.25, 0.3) is 11.5 Å². The monoisotopic (exact) mass is 468 g/mol. The van der Waals surface area contributed by atoms with E-state index >= 15 is 0 Å². The van der Waals surface area contributed by atoms with Crippen LogP contribution >= 0.6 is 0 Å². The molecule has 2 heterocycles. The van der Waals surface area contributed by atoms with Crippen molar-refractivity contribution in [2.45, 2.75) is 20.8 Å². The first-order valence-corrected chi connectivity index (χ1v) is 11.8. The normalized spacial score (nSPS) is 13.9. The van der Waals surface area contributed by atoms with Gasteiger partial charge in [-0.05, 0) is 68.3 Å². The maximum absolute atomic E-state index is 13.2. The Morgan fingerprint density at radius 3 is 2.20 bits per heavy atom. The lowest BCUT2D eigenvalue weighted by molar-refractivity contribution is 0.0747. The third kappa shape index (κ3) is 4.25. The van der Waals surface area contributed by atoms with Crippen LogP contribution in [0.1, 0.15) is 27.0 Å². The number of aromatic nitrogens is 2. The molecule has 0 saturated carbocycles.